The van der Waals surface area contributed by atoms with Crippen molar-refractivity contribution in [2.75, 3.05) is 0 Å². The molecule has 2 aromatic rings. The third kappa shape index (κ3) is 11.5. The number of benzene rings is 1. The van der Waals surface area contributed by atoms with E-state index in [1.54, 1.807) is 0 Å². The number of unbranched alkanes of at least 4 members (excludes halogenated alkanes) is 9. The lowest BCUT2D eigenvalue weighted by molar-refractivity contribution is -0.134. The SMILES string of the molecule is CCCCCCCCCCCCc1ccc(-c2ccc(OC(=O)CCC(C)CC)cc2)nc1. The van der Waals surface area contributed by atoms with Crippen LogP contribution in [0, 0.1) is 5.92 Å². The molecular formula is C30H45NO2. The van der Waals surface area contributed by atoms with Gasteiger partial charge in [0.2, 0.25) is 0 Å². The lowest BCUT2D eigenvalue weighted by Crippen LogP contribution is -2.09. The van der Waals surface area contributed by atoms with Gasteiger partial charge in [-0.25, -0.2) is 0 Å². The minimum Gasteiger partial charge on any atom is -0.427 e. The Labute approximate surface area is 202 Å². The minimum absolute atomic E-state index is 0.155. The van der Waals surface area contributed by atoms with Crippen LogP contribution in [0.2, 0.25) is 0 Å². The summed E-state index contributed by atoms with van der Waals surface area (Å²) in [5.74, 6) is 1.00. The molecular weight excluding hydrogens is 406 g/mol. The number of rotatable bonds is 17. The summed E-state index contributed by atoms with van der Waals surface area (Å²) in [4.78, 5) is 16.7. The largest absolute Gasteiger partial charge is 0.427 e. The quantitative estimate of drug-likeness (QED) is 0.137. The Morgan fingerprint density at radius 3 is 2.06 bits per heavy atom. The summed E-state index contributed by atoms with van der Waals surface area (Å²) in [5.41, 5.74) is 3.31. The second-order valence-corrected chi connectivity index (χ2v) is 9.53. The molecule has 1 aromatic heterocycles. The van der Waals surface area contributed by atoms with Crippen molar-refractivity contribution in [3.8, 4) is 17.0 Å². The van der Waals surface area contributed by atoms with Gasteiger partial charge in [-0.05, 0) is 61.1 Å². The number of esters is 1. The molecule has 0 spiro atoms. The van der Waals surface area contributed by atoms with Crippen LogP contribution < -0.4 is 4.74 Å². The molecule has 2 rings (SSSR count). The number of pyridine rings is 1. The zero-order valence-corrected chi connectivity index (χ0v) is 21.3. The van der Waals surface area contributed by atoms with Crippen LogP contribution in [0.4, 0.5) is 0 Å². The van der Waals surface area contributed by atoms with Gasteiger partial charge in [0.25, 0.3) is 0 Å². The number of aryl methyl sites for hydroxylation is 1. The van der Waals surface area contributed by atoms with E-state index < -0.39 is 0 Å². The van der Waals surface area contributed by atoms with Crippen molar-refractivity contribution >= 4 is 5.97 Å². The minimum atomic E-state index is -0.155. The number of ether oxygens (including phenoxy) is 1. The topological polar surface area (TPSA) is 39.2 Å². The van der Waals surface area contributed by atoms with Crippen LogP contribution in [-0.2, 0) is 11.2 Å². The Kier molecular flexibility index (Phi) is 13.5. The van der Waals surface area contributed by atoms with E-state index in [2.05, 4.69) is 37.9 Å². The third-order valence-corrected chi connectivity index (χ3v) is 6.56. The molecule has 0 fully saturated rings. The van der Waals surface area contributed by atoms with Crippen LogP contribution in [0.3, 0.4) is 0 Å². The first kappa shape index (κ1) is 27.1. The highest BCUT2D eigenvalue weighted by molar-refractivity contribution is 5.72. The zero-order valence-electron chi connectivity index (χ0n) is 21.3. The second-order valence-electron chi connectivity index (χ2n) is 9.53. The van der Waals surface area contributed by atoms with Gasteiger partial charge in [-0.2, -0.15) is 0 Å². The molecule has 1 unspecified atom stereocenters. The van der Waals surface area contributed by atoms with E-state index >= 15 is 0 Å². The third-order valence-electron chi connectivity index (χ3n) is 6.56. The van der Waals surface area contributed by atoms with E-state index in [4.69, 9.17) is 4.74 Å². The van der Waals surface area contributed by atoms with Crippen molar-refractivity contribution in [2.24, 2.45) is 5.92 Å². The lowest BCUT2D eigenvalue weighted by atomic mass is 10.0. The van der Waals surface area contributed by atoms with Crippen LogP contribution >= 0.6 is 0 Å². The summed E-state index contributed by atoms with van der Waals surface area (Å²) >= 11 is 0. The molecule has 0 bridgehead atoms. The van der Waals surface area contributed by atoms with Gasteiger partial charge >= 0.3 is 5.97 Å². The molecule has 1 atom stereocenters. The molecule has 3 nitrogen and oxygen atoms in total. The van der Waals surface area contributed by atoms with Crippen LogP contribution in [-0.4, -0.2) is 11.0 Å². The maximum absolute atomic E-state index is 12.0. The molecule has 0 aliphatic heterocycles. The van der Waals surface area contributed by atoms with Crippen molar-refractivity contribution in [2.45, 2.75) is 111 Å². The van der Waals surface area contributed by atoms with Crippen molar-refractivity contribution in [1.29, 1.82) is 0 Å². The molecule has 0 N–H and O–H groups in total. The van der Waals surface area contributed by atoms with Gasteiger partial charge in [0.05, 0.1) is 5.69 Å². The second kappa shape index (κ2) is 16.5. The van der Waals surface area contributed by atoms with Gasteiger partial charge in [-0.1, -0.05) is 91.0 Å². The lowest BCUT2D eigenvalue weighted by Gasteiger charge is -2.09. The van der Waals surface area contributed by atoms with Crippen LogP contribution in [0.15, 0.2) is 42.6 Å². The summed E-state index contributed by atoms with van der Waals surface area (Å²) in [5, 5.41) is 0. The van der Waals surface area contributed by atoms with E-state index in [1.807, 2.05) is 30.5 Å². The first-order chi connectivity index (χ1) is 16.1. The van der Waals surface area contributed by atoms with Crippen molar-refractivity contribution in [3.05, 3.63) is 48.2 Å². The molecule has 0 saturated carbocycles. The molecule has 1 aromatic carbocycles. The molecule has 182 valence electrons. The maximum atomic E-state index is 12.0. The van der Waals surface area contributed by atoms with Gasteiger partial charge in [-0.3, -0.25) is 9.78 Å². The summed E-state index contributed by atoms with van der Waals surface area (Å²) in [6, 6.07) is 12.0. The Bertz CT molecular complexity index is 767. The Morgan fingerprint density at radius 2 is 1.48 bits per heavy atom. The van der Waals surface area contributed by atoms with Crippen LogP contribution in [0.5, 0.6) is 5.75 Å². The summed E-state index contributed by atoms with van der Waals surface area (Å²) in [6.07, 6.45) is 19.2. The molecule has 0 aliphatic carbocycles. The fourth-order valence-electron chi connectivity index (χ4n) is 4.00. The van der Waals surface area contributed by atoms with E-state index in [-0.39, 0.29) is 5.97 Å². The molecule has 1 heterocycles. The normalized spacial score (nSPS) is 12.0. The first-order valence-electron chi connectivity index (χ1n) is 13.4. The van der Waals surface area contributed by atoms with Gasteiger partial charge in [-0.15, -0.1) is 0 Å². The Balaban J connectivity index is 1.66. The molecule has 0 aliphatic rings. The number of carbonyl (C=O) groups excluding carboxylic acids is 1. The monoisotopic (exact) mass is 451 g/mol. The van der Waals surface area contributed by atoms with Crippen molar-refractivity contribution in [1.82, 2.24) is 4.98 Å². The van der Waals surface area contributed by atoms with Crippen molar-refractivity contribution < 1.29 is 9.53 Å². The highest BCUT2D eigenvalue weighted by Crippen LogP contribution is 2.22. The van der Waals surface area contributed by atoms with Crippen molar-refractivity contribution in [3.63, 3.8) is 0 Å². The van der Waals surface area contributed by atoms with Gasteiger partial charge in [0.15, 0.2) is 0 Å². The molecule has 0 saturated heterocycles. The van der Waals surface area contributed by atoms with Gasteiger partial charge in [0.1, 0.15) is 5.75 Å². The summed E-state index contributed by atoms with van der Waals surface area (Å²) in [6.45, 7) is 6.59. The zero-order chi connectivity index (χ0) is 23.7. The highest BCUT2D eigenvalue weighted by atomic mass is 16.5. The van der Waals surface area contributed by atoms with E-state index in [0.29, 0.717) is 18.1 Å². The smallest absolute Gasteiger partial charge is 0.311 e. The predicted molar refractivity (Wildman–Crippen MR) is 140 cm³/mol. The summed E-state index contributed by atoms with van der Waals surface area (Å²) < 4.78 is 5.46. The standard InChI is InChI=1S/C30H45NO2/c1-4-6-7-8-9-10-11-12-13-14-15-26-17-22-29(31-24-26)27-18-20-28(21-19-27)33-30(32)23-16-25(3)5-2/h17-22,24-25H,4-16,23H2,1-3H3. The Hall–Kier alpha value is -2.16. The van der Waals surface area contributed by atoms with Gasteiger partial charge < -0.3 is 4.74 Å². The van der Waals surface area contributed by atoms with Crippen LogP contribution in [0.25, 0.3) is 11.3 Å². The number of nitrogens with zero attached hydrogens (tertiary/aromatic N) is 1. The molecule has 0 radical (unpaired) electrons. The number of carbonyl (C=O) groups is 1. The average Bonchev–Trinajstić information content (AvgIpc) is 2.84. The summed E-state index contributed by atoms with van der Waals surface area (Å²) in [7, 11) is 0. The fourth-order valence-corrected chi connectivity index (χ4v) is 4.00. The average molecular weight is 452 g/mol. The van der Waals surface area contributed by atoms with E-state index in [1.165, 1.54) is 69.8 Å². The highest BCUT2D eigenvalue weighted by Gasteiger charge is 2.08. The van der Waals surface area contributed by atoms with Gasteiger partial charge in [0, 0.05) is 18.2 Å². The number of aromatic nitrogens is 1. The fraction of sp³-hybridized carbons (Fsp3) is 0.600. The number of hydrogen-bond donors (Lipinski definition) is 0. The molecule has 0 amide bonds. The maximum Gasteiger partial charge on any atom is 0.311 e. The first-order valence-corrected chi connectivity index (χ1v) is 13.4. The van der Waals surface area contributed by atoms with Crippen LogP contribution in [0.1, 0.15) is 110 Å². The Morgan fingerprint density at radius 1 is 0.848 bits per heavy atom. The van der Waals surface area contributed by atoms with E-state index in [9.17, 15) is 4.79 Å². The predicted octanol–water partition coefficient (Wildman–Crippen LogP) is 8.94. The molecule has 3 heteroatoms. The molecule has 33 heavy (non-hydrogen) atoms. The van der Waals surface area contributed by atoms with E-state index in [0.717, 1.165) is 30.5 Å². The number of hydrogen-bond acceptors (Lipinski definition) is 3.